The summed E-state index contributed by atoms with van der Waals surface area (Å²) in [5.74, 6) is 1.87. The van der Waals surface area contributed by atoms with Crippen LogP contribution >= 0.6 is 0 Å². The van der Waals surface area contributed by atoms with Crippen LogP contribution in [0.3, 0.4) is 0 Å². The van der Waals surface area contributed by atoms with Crippen molar-refractivity contribution in [3.63, 3.8) is 0 Å². The molecule has 0 saturated heterocycles. The smallest absolute Gasteiger partial charge is 0.335 e. The lowest BCUT2D eigenvalue weighted by Crippen LogP contribution is -2.85. The van der Waals surface area contributed by atoms with E-state index in [1.807, 2.05) is 12.1 Å². The standard InChI is InChI=1S/C42H58N2O4/c1-25(2)29-14-18-41(36(48)44-23-9-22-43-26(3)45)21-20-38(6)31(33(29)41)16-19-42-32(24-40(38,42)8)34-37(4,5)30(15-17-39(34,42)7)27-10-12-28(13-11-27)35(46)47/h10-13,15,29,31-34H,1,9,14,16-24H2,2-8H3,(H,43,45)(H,44,48)(H,46,47)/t29-,31+,32-,33+,34-,38+,39-,40-,41-,42?/m0/s1. The van der Waals surface area contributed by atoms with Crippen LogP contribution in [-0.2, 0) is 9.59 Å². The summed E-state index contributed by atoms with van der Waals surface area (Å²) in [7, 11) is 0. The van der Waals surface area contributed by atoms with Gasteiger partial charge in [0.15, 0.2) is 0 Å². The summed E-state index contributed by atoms with van der Waals surface area (Å²) in [5, 5.41) is 15.7. The molecule has 2 amide bonds. The Bertz CT molecular complexity index is 1590. The Morgan fingerprint density at radius 1 is 0.875 bits per heavy atom. The molecule has 6 aliphatic rings. The first kappa shape index (κ1) is 33.6. The Hall–Kier alpha value is -2.89. The lowest BCUT2D eigenvalue weighted by Gasteiger charge is -2.91. The second kappa shape index (κ2) is 10.8. The zero-order chi connectivity index (χ0) is 34.7. The fourth-order valence-corrected chi connectivity index (χ4v) is 14.7. The van der Waals surface area contributed by atoms with E-state index in [0.29, 0.717) is 53.7 Å². The number of fused-ring (bicyclic) bond motifs is 6. The molecule has 6 nitrogen and oxygen atoms in total. The molecule has 1 aromatic rings. The first-order valence-corrected chi connectivity index (χ1v) is 18.7. The molecule has 6 heteroatoms. The van der Waals surface area contributed by atoms with Gasteiger partial charge >= 0.3 is 5.97 Å². The summed E-state index contributed by atoms with van der Waals surface area (Å²) in [5.41, 5.74) is 4.75. The Balaban J connectivity index is 1.18. The lowest BCUT2D eigenvalue weighted by molar-refractivity contribution is -0.422. The lowest BCUT2D eigenvalue weighted by atomic mass is 9.13. The fraction of sp³-hybridized carbons (Fsp3) is 0.690. The third kappa shape index (κ3) is 4.01. The molecule has 10 atom stereocenters. The third-order valence-electron chi connectivity index (χ3n) is 16.5. The molecule has 1 unspecified atom stereocenters. The van der Waals surface area contributed by atoms with Gasteiger partial charge in [0.25, 0.3) is 0 Å². The van der Waals surface area contributed by atoms with Crippen molar-refractivity contribution < 1.29 is 19.5 Å². The quantitative estimate of drug-likeness (QED) is 0.194. The summed E-state index contributed by atoms with van der Waals surface area (Å²) < 4.78 is 0. The average molecular weight is 655 g/mol. The highest BCUT2D eigenvalue weighted by Crippen LogP contribution is 2.94. The molecule has 1 spiro atoms. The van der Waals surface area contributed by atoms with Crippen molar-refractivity contribution in [3.8, 4) is 0 Å². The number of allylic oxidation sites excluding steroid dienone is 3. The summed E-state index contributed by atoms with van der Waals surface area (Å²) in [6, 6.07) is 7.53. The van der Waals surface area contributed by atoms with Crippen LogP contribution in [0.1, 0.15) is 122 Å². The van der Waals surface area contributed by atoms with E-state index in [2.05, 4.69) is 64.8 Å². The minimum atomic E-state index is -0.878. The normalized spacial score (nSPS) is 43.0. The molecular weight excluding hydrogens is 596 g/mol. The van der Waals surface area contributed by atoms with Crippen LogP contribution in [0.25, 0.3) is 5.57 Å². The minimum Gasteiger partial charge on any atom is -0.478 e. The molecule has 48 heavy (non-hydrogen) atoms. The third-order valence-corrected chi connectivity index (χ3v) is 16.5. The van der Waals surface area contributed by atoms with Gasteiger partial charge in [0, 0.05) is 20.0 Å². The van der Waals surface area contributed by atoms with Crippen molar-refractivity contribution in [1.29, 1.82) is 0 Å². The van der Waals surface area contributed by atoms with E-state index in [1.54, 1.807) is 12.1 Å². The number of amides is 2. The molecule has 0 bridgehead atoms. The second-order valence-corrected chi connectivity index (χ2v) is 18.3. The maximum atomic E-state index is 14.3. The van der Waals surface area contributed by atoms with Crippen LogP contribution < -0.4 is 10.6 Å². The predicted octanol–water partition coefficient (Wildman–Crippen LogP) is 8.29. The number of carbonyl (C=O) groups excluding carboxylic acids is 2. The predicted molar refractivity (Wildman–Crippen MR) is 190 cm³/mol. The number of hydrogen-bond acceptors (Lipinski definition) is 3. The minimum absolute atomic E-state index is 0.00296. The Kier molecular flexibility index (Phi) is 7.56. The van der Waals surface area contributed by atoms with Gasteiger partial charge in [0.05, 0.1) is 11.0 Å². The molecule has 7 rings (SSSR count). The first-order chi connectivity index (χ1) is 22.5. The van der Waals surface area contributed by atoms with Crippen molar-refractivity contribution in [2.75, 3.05) is 13.1 Å². The number of benzene rings is 1. The number of aromatic carboxylic acids is 1. The van der Waals surface area contributed by atoms with E-state index < -0.39 is 5.97 Å². The van der Waals surface area contributed by atoms with Crippen LogP contribution in [0, 0.1) is 62.1 Å². The highest BCUT2D eigenvalue weighted by atomic mass is 16.4. The monoisotopic (exact) mass is 654 g/mol. The van der Waals surface area contributed by atoms with Crippen molar-refractivity contribution in [2.45, 2.75) is 106 Å². The molecule has 5 fully saturated rings. The summed E-state index contributed by atoms with van der Waals surface area (Å²) in [4.78, 5) is 37.1. The summed E-state index contributed by atoms with van der Waals surface area (Å²) in [6.45, 7) is 22.2. The van der Waals surface area contributed by atoms with Crippen molar-refractivity contribution >= 4 is 23.4 Å². The van der Waals surface area contributed by atoms with Crippen LogP contribution in [-0.4, -0.2) is 36.0 Å². The van der Waals surface area contributed by atoms with Crippen molar-refractivity contribution in [2.24, 2.45) is 62.1 Å². The number of carboxylic acid groups (broad SMARTS) is 1. The zero-order valence-corrected chi connectivity index (χ0v) is 30.4. The highest BCUT2D eigenvalue weighted by molar-refractivity contribution is 5.88. The maximum absolute atomic E-state index is 14.3. The van der Waals surface area contributed by atoms with E-state index in [1.165, 1.54) is 37.3 Å². The van der Waals surface area contributed by atoms with E-state index in [4.69, 9.17) is 0 Å². The first-order valence-electron chi connectivity index (χ1n) is 18.7. The molecule has 0 aromatic heterocycles. The summed E-state index contributed by atoms with van der Waals surface area (Å²) >= 11 is 0. The molecule has 0 aliphatic heterocycles. The topological polar surface area (TPSA) is 95.5 Å². The van der Waals surface area contributed by atoms with Gasteiger partial charge in [-0.3, -0.25) is 9.59 Å². The fourth-order valence-electron chi connectivity index (χ4n) is 14.7. The van der Waals surface area contributed by atoms with Crippen molar-refractivity contribution in [3.05, 3.63) is 53.6 Å². The van der Waals surface area contributed by atoms with Crippen LogP contribution in [0.5, 0.6) is 0 Å². The van der Waals surface area contributed by atoms with E-state index >= 15 is 0 Å². The van der Waals surface area contributed by atoms with Gasteiger partial charge in [0.1, 0.15) is 0 Å². The van der Waals surface area contributed by atoms with Gasteiger partial charge in [-0.05, 0) is 145 Å². The zero-order valence-electron chi connectivity index (χ0n) is 30.4. The highest BCUT2D eigenvalue weighted by Gasteiger charge is 2.88. The molecule has 1 aromatic carbocycles. The number of rotatable bonds is 8. The number of nitrogens with one attached hydrogen (secondary N) is 2. The Morgan fingerprint density at radius 3 is 2.21 bits per heavy atom. The van der Waals surface area contributed by atoms with Gasteiger partial charge in [-0.1, -0.05) is 65.0 Å². The van der Waals surface area contributed by atoms with Gasteiger partial charge in [-0.25, -0.2) is 4.79 Å². The average Bonchev–Trinajstić information content (AvgIpc) is 3.42. The molecule has 0 radical (unpaired) electrons. The number of hydrogen-bond donors (Lipinski definition) is 3. The van der Waals surface area contributed by atoms with Crippen LogP contribution in [0.2, 0.25) is 0 Å². The van der Waals surface area contributed by atoms with E-state index in [-0.39, 0.29) is 38.9 Å². The molecule has 260 valence electrons. The molecule has 5 saturated carbocycles. The van der Waals surface area contributed by atoms with Gasteiger partial charge < -0.3 is 15.7 Å². The molecule has 6 aliphatic carbocycles. The van der Waals surface area contributed by atoms with E-state index in [0.717, 1.165) is 44.1 Å². The Morgan fingerprint density at radius 2 is 1.56 bits per heavy atom. The molecular formula is C42H58N2O4. The molecule has 3 N–H and O–H groups in total. The maximum Gasteiger partial charge on any atom is 0.335 e. The van der Waals surface area contributed by atoms with Crippen LogP contribution in [0.15, 0.2) is 42.5 Å². The van der Waals surface area contributed by atoms with Crippen LogP contribution in [0.4, 0.5) is 0 Å². The van der Waals surface area contributed by atoms with Gasteiger partial charge in [-0.2, -0.15) is 0 Å². The largest absolute Gasteiger partial charge is 0.478 e. The summed E-state index contributed by atoms with van der Waals surface area (Å²) in [6.07, 6.45) is 12.2. The number of carbonyl (C=O) groups is 3. The SMILES string of the molecule is C=C(C)[C@@H]1CC[C@]2(C(=O)NCCCNC(C)=O)CC[C@]3(C)[C@H](CCC45[C@@H](C[C@]43C)[C@H]3C(C)(C)C(c4ccc(C(=O)O)cc4)=CC[C@@]35C)[C@@H]12. The Labute approximate surface area is 288 Å². The van der Waals surface area contributed by atoms with E-state index in [9.17, 15) is 19.5 Å². The second-order valence-electron chi connectivity index (χ2n) is 18.3. The van der Waals surface area contributed by atoms with Gasteiger partial charge in [-0.15, -0.1) is 0 Å². The van der Waals surface area contributed by atoms with Gasteiger partial charge in [0.2, 0.25) is 11.8 Å². The molecule has 0 heterocycles. The number of carboxylic acids is 1. The van der Waals surface area contributed by atoms with Crippen molar-refractivity contribution in [1.82, 2.24) is 10.6 Å².